The summed E-state index contributed by atoms with van der Waals surface area (Å²) in [4.78, 5) is 16.1. The number of benzene rings is 1. The number of carbonyl (C=O) groups is 1. The summed E-state index contributed by atoms with van der Waals surface area (Å²) in [6, 6.07) is 10.7. The van der Waals surface area contributed by atoms with E-state index in [1.54, 1.807) is 31.6 Å². The van der Waals surface area contributed by atoms with E-state index in [9.17, 15) is 4.79 Å². The normalized spacial score (nSPS) is 11.7. The molecule has 0 aliphatic carbocycles. The van der Waals surface area contributed by atoms with Crippen LogP contribution in [0.4, 0.5) is 4.79 Å². The van der Waals surface area contributed by atoms with Crippen molar-refractivity contribution in [2.45, 2.75) is 12.5 Å². The van der Waals surface area contributed by atoms with Crippen LogP contribution in [-0.4, -0.2) is 31.3 Å². The second-order valence-corrected chi connectivity index (χ2v) is 5.51. The maximum Gasteiger partial charge on any atom is 0.315 e. The summed E-state index contributed by atoms with van der Waals surface area (Å²) in [5.74, 6) is 0. The molecule has 2 N–H and O–H groups in total. The maximum absolute atomic E-state index is 12.0. The summed E-state index contributed by atoms with van der Waals surface area (Å²) in [6.07, 6.45) is 4.25. The third-order valence-electron chi connectivity index (χ3n) is 3.33. The molecule has 0 radical (unpaired) electrons. The van der Waals surface area contributed by atoms with E-state index in [4.69, 9.17) is 16.3 Å². The number of rotatable bonds is 7. The Morgan fingerprint density at radius 3 is 2.74 bits per heavy atom. The van der Waals surface area contributed by atoms with Gasteiger partial charge in [0.05, 0.1) is 12.6 Å². The molecule has 2 amide bonds. The SMILES string of the molecule is COC[C@H](NC(=O)NCCc1cccnc1)c1ccc(Cl)cc1. The lowest BCUT2D eigenvalue weighted by Crippen LogP contribution is -2.40. The number of urea groups is 1. The number of amides is 2. The molecule has 0 aliphatic heterocycles. The first-order valence-corrected chi connectivity index (χ1v) is 7.74. The van der Waals surface area contributed by atoms with Gasteiger partial charge in [-0.1, -0.05) is 29.8 Å². The Morgan fingerprint density at radius 1 is 1.30 bits per heavy atom. The third-order valence-corrected chi connectivity index (χ3v) is 3.59. The molecular weight excluding hydrogens is 314 g/mol. The average molecular weight is 334 g/mol. The standard InChI is InChI=1S/C17H20ClN3O2/c1-23-12-16(14-4-6-15(18)7-5-14)21-17(22)20-10-8-13-3-2-9-19-11-13/h2-7,9,11,16H,8,10,12H2,1H3,(H2,20,21,22)/t16-/m0/s1. The van der Waals surface area contributed by atoms with Crippen LogP contribution in [0.1, 0.15) is 17.2 Å². The van der Waals surface area contributed by atoms with E-state index in [-0.39, 0.29) is 12.1 Å². The van der Waals surface area contributed by atoms with Gasteiger partial charge in [-0.25, -0.2) is 4.79 Å². The van der Waals surface area contributed by atoms with Crippen molar-refractivity contribution in [2.24, 2.45) is 0 Å². The van der Waals surface area contributed by atoms with Crippen LogP contribution in [0.3, 0.4) is 0 Å². The Labute approximate surface area is 141 Å². The lowest BCUT2D eigenvalue weighted by Gasteiger charge is -2.19. The number of hydrogen-bond acceptors (Lipinski definition) is 3. The maximum atomic E-state index is 12.0. The predicted molar refractivity (Wildman–Crippen MR) is 90.5 cm³/mol. The fourth-order valence-corrected chi connectivity index (χ4v) is 2.28. The zero-order valence-electron chi connectivity index (χ0n) is 13.0. The van der Waals surface area contributed by atoms with Crippen molar-refractivity contribution in [2.75, 3.05) is 20.3 Å². The molecule has 0 aliphatic rings. The Morgan fingerprint density at radius 2 is 2.09 bits per heavy atom. The van der Waals surface area contributed by atoms with Gasteiger partial charge >= 0.3 is 6.03 Å². The molecule has 122 valence electrons. The largest absolute Gasteiger partial charge is 0.382 e. The minimum atomic E-state index is -0.231. The fraction of sp³-hybridized carbons (Fsp3) is 0.294. The Kier molecular flexibility index (Phi) is 6.84. The molecule has 23 heavy (non-hydrogen) atoms. The molecule has 0 saturated heterocycles. The van der Waals surface area contributed by atoms with Gasteiger partial charge in [-0.05, 0) is 35.7 Å². The molecule has 2 aromatic rings. The minimum Gasteiger partial charge on any atom is -0.382 e. The molecule has 6 heteroatoms. The molecule has 5 nitrogen and oxygen atoms in total. The van der Waals surface area contributed by atoms with E-state index in [1.807, 2.05) is 24.3 Å². The highest BCUT2D eigenvalue weighted by molar-refractivity contribution is 6.30. The van der Waals surface area contributed by atoms with Crippen molar-refractivity contribution in [3.63, 3.8) is 0 Å². The monoisotopic (exact) mass is 333 g/mol. The molecule has 1 heterocycles. The molecule has 1 aromatic heterocycles. The number of carbonyl (C=O) groups excluding carboxylic acids is 1. The molecule has 2 rings (SSSR count). The van der Waals surface area contributed by atoms with Crippen LogP contribution in [0.25, 0.3) is 0 Å². The van der Waals surface area contributed by atoms with Gasteiger partial charge in [0.25, 0.3) is 0 Å². The number of aromatic nitrogens is 1. The van der Waals surface area contributed by atoms with Crippen LogP contribution >= 0.6 is 11.6 Å². The molecule has 0 unspecified atom stereocenters. The Hall–Kier alpha value is -2.11. The van der Waals surface area contributed by atoms with E-state index >= 15 is 0 Å². The number of halogens is 1. The highest BCUT2D eigenvalue weighted by atomic mass is 35.5. The topological polar surface area (TPSA) is 63.2 Å². The first-order valence-electron chi connectivity index (χ1n) is 7.36. The van der Waals surface area contributed by atoms with Gasteiger partial charge < -0.3 is 15.4 Å². The van der Waals surface area contributed by atoms with Gasteiger partial charge in [-0.15, -0.1) is 0 Å². The number of nitrogens with zero attached hydrogens (tertiary/aromatic N) is 1. The molecule has 0 fully saturated rings. The van der Waals surface area contributed by atoms with Crippen molar-refractivity contribution < 1.29 is 9.53 Å². The minimum absolute atomic E-state index is 0.226. The van der Waals surface area contributed by atoms with Crippen LogP contribution in [0.15, 0.2) is 48.8 Å². The number of pyridine rings is 1. The number of hydrogen-bond donors (Lipinski definition) is 2. The van der Waals surface area contributed by atoms with Crippen LogP contribution < -0.4 is 10.6 Å². The van der Waals surface area contributed by atoms with E-state index < -0.39 is 0 Å². The lowest BCUT2D eigenvalue weighted by molar-refractivity contribution is 0.166. The zero-order valence-corrected chi connectivity index (χ0v) is 13.7. The van der Waals surface area contributed by atoms with Gasteiger partial charge in [0.2, 0.25) is 0 Å². The molecule has 1 aromatic carbocycles. The number of ether oxygens (including phenoxy) is 1. The predicted octanol–water partition coefficient (Wildman–Crippen LogP) is 2.96. The molecule has 0 spiro atoms. The van der Waals surface area contributed by atoms with Gasteiger partial charge in [-0.3, -0.25) is 4.98 Å². The smallest absolute Gasteiger partial charge is 0.315 e. The second kappa shape index (κ2) is 9.12. The van der Waals surface area contributed by atoms with E-state index in [2.05, 4.69) is 15.6 Å². The molecule has 1 atom stereocenters. The van der Waals surface area contributed by atoms with E-state index in [1.165, 1.54) is 0 Å². The van der Waals surface area contributed by atoms with Gasteiger partial charge in [0.1, 0.15) is 0 Å². The van der Waals surface area contributed by atoms with Crippen molar-refractivity contribution >= 4 is 17.6 Å². The molecule has 0 saturated carbocycles. The van der Waals surface area contributed by atoms with Crippen molar-refractivity contribution in [1.29, 1.82) is 0 Å². The summed E-state index contributed by atoms with van der Waals surface area (Å²) in [7, 11) is 1.60. The number of nitrogens with one attached hydrogen (secondary N) is 2. The van der Waals surface area contributed by atoms with E-state index in [0.29, 0.717) is 18.2 Å². The summed E-state index contributed by atoms with van der Waals surface area (Å²) in [5, 5.41) is 6.41. The zero-order chi connectivity index (χ0) is 16.5. The van der Waals surface area contributed by atoms with Crippen LogP contribution in [-0.2, 0) is 11.2 Å². The van der Waals surface area contributed by atoms with Crippen LogP contribution in [0.5, 0.6) is 0 Å². The van der Waals surface area contributed by atoms with Gasteiger partial charge in [0.15, 0.2) is 0 Å². The molecular formula is C17H20ClN3O2. The van der Waals surface area contributed by atoms with Crippen molar-refractivity contribution in [3.05, 3.63) is 64.9 Å². The summed E-state index contributed by atoms with van der Waals surface area (Å²) in [5.41, 5.74) is 2.03. The van der Waals surface area contributed by atoms with Crippen molar-refractivity contribution in [1.82, 2.24) is 15.6 Å². The summed E-state index contributed by atoms with van der Waals surface area (Å²) < 4.78 is 5.18. The first-order chi connectivity index (χ1) is 11.2. The van der Waals surface area contributed by atoms with Gasteiger partial charge in [0, 0.05) is 31.1 Å². The average Bonchev–Trinajstić information content (AvgIpc) is 2.56. The Balaban J connectivity index is 1.84. The fourth-order valence-electron chi connectivity index (χ4n) is 2.16. The summed E-state index contributed by atoms with van der Waals surface area (Å²) >= 11 is 5.89. The lowest BCUT2D eigenvalue weighted by atomic mass is 10.1. The second-order valence-electron chi connectivity index (χ2n) is 5.07. The van der Waals surface area contributed by atoms with Crippen molar-refractivity contribution in [3.8, 4) is 0 Å². The Bertz CT molecular complexity index is 605. The first kappa shape index (κ1) is 17.2. The van der Waals surface area contributed by atoms with Gasteiger partial charge in [-0.2, -0.15) is 0 Å². The molecule has 0 bridgehead atoms. The van der Waals surface area contributed by atoms with Crippen LogP contribution in [0, 0.1) is 0 Å². The highest BCUT2D eigenvalue weighted by Gasteiger charge is 2.14. The highest BCUT2D eigenvalue weighted by Crippen LogP contribution is 2.16. The third kappa shape index (κ3) is 5.88. The number of methoxy groups -OCH3 is 1. The van der Waals surface area contributed by atoms with Crippen LogP contribution in [0.2, 0.25) is 5.02 Å². The quantitative estimate of drug-likeness (QED) is 0.818. The van der Waals surface area contributed by atoms with E-state index in [0.717, 1.165) is 17.5 Å². The summed E-state index contributed by atoms with van der Waals surface area (Å²) in [6.45, 7) is 0.926.